The van der Waals surface area contributed by atoms with Crippen LogP contribution in [0.4, 0.5) is 0 Å². The van der Waals surface area contributed by atoms with Crippen molar-refractivity contribution in [2.45, 2.75) is 71.8 Å². The summed E-state index contributed by atoms with van der Waals surface area (Å²) >= 11 is 0. The highest BCUT2D eigenvalue weighted by Gasteiger charge is 2.18. The Kier molecular flexibility index (Phi) is 5.74. The summed E-state index contributed by atoms with van der Waals surface area (Å²) in [5.74, 6) is 2.28. The maximum absolute atomic E-state index is 12.2. The van der Waals surface area contributed by atoms with Crippen LogP contribution in [0.2, 0.25) is 0 Å². The highest BCUT2D eigenvalue weighted by molar-refractivity contribution is 5.80. The van der Waals surface area contributed by atoms with Crippen LogP contribution in [0.5, 0.6) is 0 Å². The fourth-order valence-electron chi connectivity index (χ4n) is 3.06. The highest BCUT2D eigenvalue weighted by Crippen LogP contribution is 2.25. The summed E-state index contributed by atoms with van der Waals surface area (Å²) in [6, 6.07) is 0. The molecule has 1 aromatic heterocycles. The molecule has 0 amide bonds. The summed E-state index contributed by atoms with van der Waals surface area (Å²) in [5.41, 5.74) is 0. The number of ketones is 1. The van der Waals surface area contributed by atoms with Gasteiger partial charge in [0.2, 0.25) is 0 Å². The van der Waals surface area contributed by atoms with Gasteiger partial charge in [0.1, 0.15) is 17.9 Å². The molecule has 112 valence electrons. The summed E-state index contributed by atoms with van der Waals surface area (Å²) in [6.45, 7) is 5.14. The Labute approximate surface area is 122 Å². The standard InChI is InChI=1S/C16H27N3O/c1-13(2)11-19-16(17-12-18-19)10-15(20)9-14-7-5-3-4-6-8-14/h12-14H,3-11H2,1-2H3. The molecule has 20 heavy (non-hydrogen) atoms. The van der Waals surface area contributed by atoms with Crippen LogP contribution in [-0.2, 0) is 17.8 Å². The van der Waals surface area contributed by atoms with Crippen molar-refractivity contribution in [3.05, 3.63) is 12.2 Å². The molecule has 1 fully saturated rings. The number of carbonyl (C=O) groups excluding carboxylic acids is 1. The van der Waals surface area contributed by atoms with Crippen LogP contribution in [0.1, 0.15) is 64.6 Å². The third-order valence-corrected chi connectivity index (χ3v) is 4.08. The molecule has 0 spiro atoms. The summed E-state index contributed by atoms with van der Waals surface area (Å²) < 4.78 is 1.88. The van der Waals surface area contributed by atoms with E-state index in [1.54, 1.807) is 6.33 Å². The van der Waals surface area contributed by atoms with Gasteiger partial charge in [-0.3, -0.25) is 4.79 Å². The lowest BCUT2D eigenvalue weighted by molar-refractivity contribution is -0.119. The molecule has 1 aromatic rings. The zero-order valence-corrected chi connectivity index (χ0v) is 12.8. The number of nitrogens with zero attached hydrogens (tertiary/aromatic N) is 3. The summed E-state index contributed by atoms with van der Waals surface area (Å²) in [4.78, 5) is 16.5. The lowest BCUT2D eigenvalue weighted by Gasteiger charge is -2.13. The molecule has 0 aromatic carbocycles. The Balaban J connectivity index is 1.86. The van der Waals surface area contributed by atoms with Gasteiger partial charge >= 0.3 is 0 Å². The van der Waals surface area contributed by atoms with Gasteiger partial charge in [-0.15, -0.1) is 0 Å². The number of rotatable bonds is 6. The van der Waals surface area contributed by atoms with Gasteiger partial charge in [0.25, 0.3) is 0 Å². The van der Waals surface area contributed by atoms with Crippen molar-refractivity contribution < 1.29 is 4.79 Å². The maximum atomic E-state index is 12.2. The lowest BCUT2D eigenvalue weighted by atomic mass is 9.93. The SMILES string of the molecule is CC(C)Cn1ncnc1CC(=O)CC1CCCCCC1. The first-order valence-corrected chi connectivity index (χ1v) is 8.03. The first kappa shape index (κ1) is 15.2. The molecule has 2 rings (SSSR count). The molecule has 0 atom stereocenters. The van der Waals surface area contributed by atoms with E-state index in [-0.39, 0.29) is 0 Å². The van der Waals surface area contributed by atoms with Crippen LogP contribution < -0.4 is 0 Å². The van der Waals surface area contributed by atoms with E-state index >= 15 is 0 Å². The van der Waals surface area contributed by atoms with Crippen molar-refractivity contribution in [2.24, 2.45) is 11.8 Å². The third-order valence-electron chi connectivity index (χ3n) is 4.08. The Morgan fingerprint density at radius 1 is 1.30 bits per heavy atom. The molecule has 0 radical (unpaired) electrons. The van der Waals surface area contributed by atoms with E-state index in [1.165, 1.54) is 38.5 Å². The van der Waals surface area contributed by atoms with Gasteiger partial charge in [0, 0.05) is 13.0 Å². The van der Waals surface area contributed by atoms with Crippen LogP contribution in [0.25, 0.3) is 0 Å². The van der Waals surface area contributed by atoms with Crippen molar-refractivity contribution in [3.63, 3.8) is 0 Å². The number of aromatic nitrogens is 3. The van der Waals surface area contributed by atoms with Crippen molar-refractivity contribution in [2.75, 3.05) is 0 Å². The highest BCUT2D eigenvalue weighted by atomic mass is 16.1. The molecule has 0 unspecified atom stereocenters. The van der Waals surface area contributed by atoms with Crippen molar-refractivity contribution in [3.8, 4) is 0 Å². The average molecular weight is 277 g/mol. The van der Waals surface area contributed by atoms with E-state index in [9.17, 15) is 4.79 Å². The fourth-order valence-corrected chi connectivity index (χ4v) is 3.06. The quantitative estimate of drug-likeness (QED) is 0.749. The molecule has 1 saturated carbocycles. The smallest absolute Gasteiger partial charge is 0.140 e. The van der Waals surface area contributed by atoms with Gasteiger partial charge in [-0.05, 0) is 11.8 Å². The maximum Gasteiger partial charge on any atom is 0.140 e. The van der Waals surface area contributed by atoms with E-state index < -0.39 is 0 Å². The molecule has 0 aliphatic heterocycles. The van der Waals surface area contributed by atoms with Crippen LogP contribution in [0, 0.1) is 11.8 Å². The Morgan fingerprint density at radius 3 is 2.65 bits per heavy atom. The average Bonchev–Trinajstić information content (AvgIpc) is 2.64. The molecule has 1 aliphatic carbocycles. The number of Topliss-reactive ketones (excluding diaryl/α,β-unsaturated/α-hetero) is 1. The minimum atomic E-state index is 0.329. The zero-order valence-electron chi connectivity index (χ0n) is 12.8. The Hall–Kier alpha value is -1.19. The Bertz CT molecular complexity index is 417. The van der Waals surface area contributed by atoms with Crippen molar-refractivity contribution >= 4 is 5.78 Å². The largest absolute Gasteiger partial charge is 0.299 e. The van der Waals surface area contributed by atoms with Crippen LogP contribution in [-0.4, -0.2) is 20.5 Å². The second-order valence-electron chi connectivity index (χ2n) is 6.53. The molecular formula is C16H27N3O. The van der Waals surface area contributed by atoms with Crippen molar-refractivity contribution in [1.29, 1.82) is 0 Å². The minimum Gasteiger partial charge on any atom is -0.299 e. The van der Waals surface area contributed by atoms with Gasteiger partial charge in [-0.2, -0.15) is 5.10 Å². The number of hydrogen-bond donors (Lipinski definition) is 0. The van der Waals surface area contributed by atoms with Crippen LogP contribution in [0.15, 0.2) is 6.33 Å². The van der Waals surface area contributed by atoms with Crippen LogP contribution >= 0.6 is 0 Å². The zero-order chi connectivity index (χ0) is 14.4. The summed E-state index contributed by atoms with van der Waals surface area (Å²) in [7, 11) is 0. The molecule has 4 heteroatoms. The van der Waals surface area contributed by atoms with Gasteiger partial charge in [0.15, 0.2) is 0 Å². The third kappa shape index (κ3) is 4.73. The topological polar surface area (TPSA) is 47.8 Å². The second kappa shape index (κ2) is 7.55. The predicted molar refractivity (Wildman–Crippen MR) is 79.4 cm³/mol. The molecule has 0 N–H and O–H groups in total. The van der Waals surface area contributed by atoms with Crippen molar-refractivity contribution in [1.82, 2.24) is 14.8 Å². The number of carbonyl (C=O) groups is 1. The molecule has 4 nitrogen and oxygen atoms in total. The summed E-state index contributed by atoms with van der Waals surface area (Å²) in [5, 5.41) is 4.22. The van der Waals surface area contributed by atoms with Gasteiger partial charge < -0.3 is 0 Å². The van der Waals surface area contributed by atoms with E-state index in [2.05, 4.69) is 23.9 Å². The fraction of sp³-hybridized carbons (Fsp3) is 0.812. The van der Waals surface area contributed by atoms with Gasteiger partial charge in [0.05, 0.1) is 6.42 Å². The summed E-state index contributed by atoms with van der Waals surface area (Å²) in [6.07, 6.45) is 10.5. The monoisotopic (exact) mass is 277 g/mol. The van der Waals surface area contributed by atoms with E-state index in [4.69, 9.17) is 0 Å². The van der Waals surface area contributed by atoms with E-state index in [0.717, 1.165) is 18.8 Å². The number of hydrogen-bond acceptors (Lipinski definition) is 3. The van der Waals surface area contributed by atoms with Gasteiger partial charge in [-0.25, -0.2) is 9.67 Å². The second-order valence-corrected chi connectivity index (χ2v) is 6.53. The van der Waals surface area contributed by atoms with Gasteiger partial charge in [-0.1, -0.05) is 52.4 Å². The predicted octanol–water partition coefficient (Wildman–Crippen LogP) is 3.41. The molecular weight excluding hydrogens is 250 g/mol. The Morgan fingerprint density at radius 2 is 2.00 bits per heavy atom. The molecule has 0 saturated heterocycles. The lowest BCUT2D eigenvalue weighted by Crippen LogP contribution is -2.16. The molecule has 1 heterocycles. The van der Waals surface area contributed by atoms with Crippen LogP contribution in [0.3, 0.4) is 0 Å². The minimum absolute atomic E-state index is 0.329. The molecule has 0 bridgehead atoms. The molecule has 1 aliphatic rings. The van der Waals surface area contributed by atoms with E-state index in [0.29, 0.717) is 24.0 Å². The van der Waals surface area contributed by atoms with E-state index in [1.807, 2.05) is 4.68 Å². The first-order valence-electron chi connectivity index (χ1n) is 8.03. The first-order chi connectivity index (χ1) is 9.65. The normalized spacial score (nSPS) is 17.4.